The second-order valence-electron chi connectivity index (χ2n) is 3.88. The molecule has 0 spiro atoms. The molecular formula is C10H18O2. The summed E-state index contributed by atoms with van der Waals surface area (Å²) in [5.74, 6) is 1.63. The molecule has 70 valence electrons. The van der Waals surface area contributed by atoms with E-state index in [9.17, 15) is 4.79 Å². The number of hydrogen-bond donors (Lipinski definition) is 1. The van der Waals surface area contributed by atoms with Gasteiger partial charge in [-0.2, -0.15) is 0 Å². The van der Waals surface area contributed by atoms with Crippen molar-refractivity contribution in [1.29, 1.82) is 0 Å². The third kappa shape index (κ3) is 2.59. The number of carbonyl (C=O) groups excluding carboxylic acids is 1. The van der Waals surface area contributed by atoms with Gasteiger partial charge in [-0.15, -0.1) is 0 Å². The molecule has 0 heterocycles. The summed E-state index contributed by atoms with van der Waals surface area (Å²) in [7, 11) is 0. The van der Waals surface area contributed by atoms with Crippen LogP contribution in [0.4, 0.5) is 0 Å². The summed E-state index contributed by atoms with van der Waals surface area (Å²) in [6.45, 7) is 2.48. The van der Waals surface area contributed by atoms with Crippen LogP contribution in [-0.2, 0) is 4.79 Å². The van der Waals surface area contributed by atoms with Crippen molar-refractivity contribution in [3.63, 3.8) is 0 Å². The summed E-state index contributed by atoms with van der Waals surface area (Å²) in [5.41, 5.74) is 0. The number of aliphatic hydroxyl groups is 1. The monoisotopic (exact) mass is 170 g/mol. The van der Waals surface area contributed by atoms with E-state index in [2.05, 4.69) is 6.92 Å². The van der Waals surface area contributed by atoms with Crippen LogP contribution in [0, 0.1) is 11.8 Å². The topological polar surface area (TPSA) is 37.3 Å². The molecule has 0 aliphatic heterocycles. The van der Waals surface area contributed by atoms with Crippen LogP contribution in [0.15, 0.2) is 0 Å². The van der Waals surface area contributed by atoms with Crippen LogP contribution >= 0.6 is 0 Å². The van der Waals surface area contributed by atoms with Gasteiger partial charge in [0.25, 0.3) is 0 Å². The van der Waals surface area contributed by atoms with Gasteiger partial charge in [-0.05, 0) is 31.1 Å². The summed E-state index contributed by atoms with van der Waals surface area (Å²) in [5, 5.41) is 8.66. The lowest BCUT2D eigenvalue weighted by molar-refractivity contribution is -0.122. The first-order chi connectivity index (χ1) is 5.74. The fourth-order valence-electron chi connectivity index (χ4n) is 1.96. The zero-order chi connectivity index (χ0) is 8.97. The van der Waals surface area contributed by atoms with Gasteiger partial charge in [0, 0.05) is 19.4 Å². The van der Waals surface area contributed by atoms with Crippen molar-refractivity contribution < 1.29 is 9.90 Å². The van der Waals surface area contributed by atoms with Crippen LogP contribution in [0.25, 0.3) is 0 Å². The second-order valence-corrected chi connectivity index (χ2v) is 3.88. The molecule has 0 aromatic heterocycles. The third-order valence-corrected chi connectivity index (χ3v) is 2.91. The van der Waals surface area contributed by atoms with Crippen molar-refractivity contribution in [3.8, 4) is 0 Å². The number of carbonyl (C=O) groups is 1. The van der Waals surface area contributed by atoms with Gasteiger partial charge < -0.3 is 5.11 Å². The molecule has 1 aliphatic carbocycles. The Morgan fingerprint density at radius 2 is 2.33 bits per heavy atom. The molecule has 2 nitrogen and oxygen atoms in total. The van der Waals surface area contributed by atoms with Crippen LogP contribution in [-0.4, -0.2) is 17.5 Å². The Kier molecular flexibility index (Phi) is 3.73. The molecule has 0 saturated heterocycles. The maximum Gasteiger partial charge on any atom is 0.133 e. The van der Waals surface area contributed by atoms with Crippen LogP contribution in [0.5, 0.6) is 0 Å². The van der Waals surface area contributed by atoms with E-state index < -0.39 is 0 Å². The van der Waals surface area contributed by atoms with Crippen molar-refractivity contribution in [1.82, 2.24) is 0 Å². The molecule has 1 rings (SSSR count). The molecule has 12 heavy (non-hydrogen) atoms. The first-order valence-electron chi connectivity index (χ1n) is 4.86. The van der Waals surface area contributed by atoms with Gasteiger partial charge in [-0.25, -0.2) is 0 Å². The van der Waals surface area contributed by atoms with Crippen LogP contribution in [0.3, 0.4) is 0 Å². The highest BCUT2D eigenvalue weighted by Crippen LogP contribution is 2.30. The minimum atomic E-state index is 0.261. The maximum absolute atomic E-state index is 11.1. The largest absolute Gasteiger partial charge is 0.396 e. The van der Waals surface area contributed by atoms with Crippen molar-refractivity contribution >= 4 is 5.78 Å². The van der Waals surface area contributed by atoms with E-state index in [1.54, 1.807) is 0 Å². The van der Waals surface area contributed by atoms with Crippen LogP contribution < -0.4 is 0 Å². The Labute approximate surface area is 74.0 Å². The molecule has 1 N–H and O–H groups in total. The quantitative estimate of drug-likeness (QED) is 0.700. The Morgan fingerprint density at radius 1 is 1.58 bits per heavy atom. The standard InChI is InChI=1S/C10H18O2/c1-8-4-5-10(12)7-9(8)3-2-6-11/h8-9,11H,2-7H2,1H3. The minimum absolute atomic E-state index is 0.261. The average molecular weight is 170 g/mol. The molecule has 1 saturated carbocycles. The number of rotatable bonds is 3. The fourth-order valence-corrected chi connectivity index (χ4v) is 1.96. The summed E-state index contributed by atoms with van der Waals surface area (Å²) in [6, 6.07) is 0. The number of hydrogen-bond acceptors (Lipinski definition) is 2. The first kappa shape index (κ1) is 9.72. The maximum atomic E-state index is 11.1. The molecule has 1 aliphatic rings. The lowest BCUT2D eigenvalue weighted by Gasteiger charge is -2.27. The fraction of sp³-hybridized carbons (Fsp3) is 0.900. The van der Waals surface area contributed by atoms with Crippen molar-refractivity contribution in [3.05, 3.63) is 0 Å². The smallest absolute Gasteiger partial charge is 0.133 e. The number of ketones is 1. The van der Waals surface area contributed by atoms with Crippen molar-refractivity contribution in [2.24, 2.45) is 11.8 Å². The second kappa shape index (κ2) is 4.61. The molecule has 2 heteroatoms. The third-order valence-electron chi connectivity index (χ3n) is 2.91. The summed E-state index contributed by atoms with van der Waals surface area (Å²) in [6.07, 6.45) is 4.44. The normalized spacial score (nSPS) is 30.7. The first-order valence-corrected chi connectivity index (χ1v) is 4.86. The predicted octanol–water partition coefficient (Wildman–Crippen LogP) is 1.76. The van der Waals surface area contributed by atoms with E-state index in [0.717, 1.165) is 32.1 Å². The Hall–Kier alpha value is -0.370. The van der Waals surface area contributed by atoms with E-state index in [1.807, 2.05) is 0 Å². The van der Waals surface area contributed by atoms with Gasteiger partial charge in [0.2, 0.25) is 0 Å². The van der Waals surface area contributed by atoms with Gasteiger partial charge in [0.05, 0.1) is 0 Å². The van der Waals surface area contributed by atoms with Gasteiger partial charge in [-0.1, -0.05) is 6.92 Å². The Balaban J connectivity index is 2.33. The molecule has 0 radical (unpaired) electrons. The van der Waals surface area contributed by atoms with E-state index in [4.69, 9.17) is 5.11 Å². The minimum Gasteiger partial charge on any atom is -0.396 e. The lowest BCUT2D eigenvalue weighted by Crippen LogP contribution is -2.23. The van der Waals surface area contributed by atoms with Crippen molar-refractivity contribution in [2.45, 2.75) is 39.0 Å². The lowest BCUT2D eigenvalue weighted by atomic mass is 9.77. The van der Waals surface area contributed by atoms with E-state index in [0.29, 0.717) is 17.6 Å². The van der Waals surface area contributed by atoms with Gasteiger partial charge >= 0.3 is 0 Å². The Morgan fingerprint density at radius 3 is 3.00 bits per heavy atom. The molecule has 1 fully saturated rings. The van der Waals surface area contributed by atoms with E-state index in [1.165, 1.54) is 0 Å². The molecule has 0 amide bonds. The Bertz CT molecular complexity index is 154. The van der Waals surface area contributed by atoms with Crippen LogP contribution in [0.1, 0.15) is 39.0 Å². The molecule has 2 unspecified atom stereocenters. The zero-order valence-electron chi connectivity index (χ0n) is 7.75. The van der Waals surface area contributed by atoms with Gasteiger partial charge in [0.15, 0.2) is 0 Å². The number of aliphatic hydroxyl groups excluding tert-OH is 1. The molecule has 0 aromatic carbocycles. The number of Topliss-reactive ketones (excluding diaryl/α,β-unsaturated/α-hetero) is 1. The molecule has 0 bridgehead atoms. The van der Waals surface area contributed by atoms with Crippen molar-refractivity contribution in [2.75, 3.05) is 6.61 Å². The van der Waals surface area contributed by atoms with Gasteiger partial charge in [0.1, 0.15) is 5.78 Å². The highest BCUT2D eigenvalue weighted by molar-refractivity contribution is 5.79. The summed E-state index contributed by atoms with van der Waals surface area (Å²) >= 11 is 0. The molecule has 0 aromatic rings. The summed E-state index contributed by atoms with van der Waals surface area (Å²) < 4.78 is 0. The van der Waals surface area contributed by atoms with E-state index in [-0.39, 0.29) is 6.61 Å². The van der Waals surface area contributed by atoms with Crippen LogP contribution in [0.2, 0.25) is 0 Å². The molecular weight excluding hydrogens is 152 g/mol. The highest BCUT2D eigenvalue weighted by Gasteiger charge is 2.25. The van der Waals surface area contributed by atoms with Gasteiger partial charge in [-0.3, -0.25) is 4.79 Å². The summed E-state index contributed by atoms with van der Waals surface area (Å²) in [4.78, 5) is 11.1. The highest BCUT2D eigenvalue weighted by atomic mass is 16.2. The predicted molar refractivity (Wildman–Crippen MR) is 47.8 cm³/mol. The SMILES string of the molecule is CC1CCC(=O)CC1CCCO. The van der Waals surface area contributed by atoms with E-state index >= 15 is 0 Å². The zero-order valence-corrected chi connectivity index (χ0v) is 7.75. The molecule has 2 atom stereocenters. The average Bonchev–Trinajstić information content (AvgIpc) is 2.07.